The van der Waals surface area contributed by atoms with Gasteiger partial charge in [0.15, 0.2) is 0 Å². The zero-order valence-corrected chi connectivity index (χ0v) is 17.4. The van der Waals surface area contributed by atoms with Gasteiger partial charge in [-0.25, -0.2) is 0 Å². The van der Waals surface area contributed by atoms with Crippen LogP contribution in [0.2, 0.25) is 0 Å². The first-order valence-electron chi connectivity index (χ1n) is 9.93. The Balaban J connectivity index is 1.80. The van der Waals surface area contributed by atoms with Crippen LogP contribution in [0.4, 0.5) is 13.2 Å². The van der Waals surface area contributed by atoms with Crippen LogP contribution in [0.25, 0.3) is 0 Å². The molecule has 7 heteroatoms. The van der Waals surface area contributed by atoms with Crippen molar-refractivity contribution in [3.63, 3.8) is 0 Å². The van der Waals surface area contributed by atoms with E-state index < -0.39 is 23.4 Å². The molecule has 0 spiro atoms. The lowest BCUT2D eigenvalue weighted by Crippen LogP contribution is -2.52. The second-order valence-electron chi connectivity index (χ2n) is 7.73. The van der Waals surface area contributed by atoms with Crippen LogP contribution in [0.5, 0.6) is 0 Å². The molecule has 1 heterocycles. The lowest BCUT2D eigenvalue weighted by molar-refractivity contribution is -0.137. The molecule has 162 valence electrons. The van der Waals surface area contributed by atoms with Crippen molar-refractivity contribution >= 4 is 5.71 Å². The van der Waals surface area contributed by atoms with Gasteiger partial charge in [-0.15, -0.1) is 0 Å². The van der Waals surface area contributed by atoms with Crippen molar-refractivity contribution in [2.75, 3.05) is 20.3 Å². The van der Waals surface area contributed by atoms with Gasteiger partial charge in [-0.2, -0.15) is 13.2 Å². The molecular formula is C23H27F3N2O2. The van der Waals surface area contributed by atoms with Crippen LogP contribution in [0.15, 0.2) is 53.7 Å². The summed E-state index contributed by atoms with van der Waals surface area (Å²) in [7, 11) is 1.52. The number of piperidine rings is 1. The van der Waals surface area contributed by atoms with E-state index in [1.807, 2.05) is 30.3 Å². The number of alkyl halides is 3. The fourth-order valence-corrected chi connectivity index (χ4v) is 3.80. The Hall–Kier alpha value is -2.38. The quantitative estimate of drug-likeness (QED) is 0.639. The summed E-state index contributed by atoms with van der Waals surface area (Å²) in [4.78, 5) is 4.89. The Kier molecular flexibility index (Phi) is 6.83. The molecule has 0 unspecified atom stereocenters. The van der Waals surface area contributed by atoms with Gasteiger partial charge < -0.3 is 9.57 Å². The third kappa shape index (κ3) is 5.21. The number of nitrogens with one attached hydrogen (secondary N) is 1. The molecule has 1 saturated heterocycles. The lowest BCUT2D eigenvalue weighted by atomic mass is 9.82. The van der Waals surface area contributed by atoms with E-state index in [0.717, 1.165) is 30.2 Å². The van der Waals surface area contributed by atoms with Crippen molar-refractivity contribution in [2.24, 2.45) is 5.16 Å². The van der Waals surface area contributed by atoms with Gasteiger partial charge in [0.05, 0.1) is 29.5 Å². The molecule has 0 aliphatic carbocycles. The summed E-state index contributed by atoms with van der Waals surface area (Å²) in [6.45, 7) is 4.33. The second kappa shape index (κ2) is 9.18. The number of hydrogen-bond acceptors (Lipinski definition) is 4. The van der Waals surface area contributed by atoms with Gasteiger partial charge in [0.1, 0.15) is 7.11 Å². The molecule has 1 aliphatic heterocycles. The van der Waals surface area contributed by atoms with Crippen LogP contribution in [0.3, 0.4) is 0 Å². The van der Waals surface area contributed by atoms with Crippen molar-refractivity contribution < 1.29 is 22.7 Å². The smallest absolute Gasteiger partial charge is 0.399 e. The van der Waals surface area contributed by atoms with E-state index in [1.54, 1.807) is 19.9 Å². The van der Waals surface area contributed by atoms with E-state index in [-0.39, 0.29) is 0 Å². The van der Waals surface area contributed by atoms with Gasteiger partial charge >= 0.3 is 6.18 Å². The highest BCUT2D eigenvalue weighted by molar-refractivity contribution is 5.87. The average Bonchev–Trinajstić information content (AvgIpc) is 2.73. The highest BCUT2D eigenvalue weighted by Gasteiger charge is 2.37. The number of benzene rings is 2. The van der Waals surface area contributed by atoms with Gasteiger partial charge in [0.25, 0.3) is 0 Å². The number of ether oxygens (including phenoxy) is 1. The highest BCUT2D eigenvalue weighted by atomic mass is 19.4. The van der Waals surface area contributed by atoms with Crippen molar-refractivity contribution in [1.29, 1.82) is 0 Å². The largest absolute Gasteiger partial charge is 0.416 e. The van der Waals surface area contributed by atoms with Gasteiger partial charge in [0, 0.05) is 6.54 Å². The number of nitrogens with zero attached hydrogens (tertiary/aromatic N) is 1. The van der Waals surface area contributed by atoms with Gasteiger partial charge in [-0.3, -0.25) is 5.32 Å². The first-order chi connectivity index (χ1) is 14.2. The first kappa shape index (κ1) is 22.3. The summed E-state index contributed by atoms with van der Waals surface area (Å²) < 4.78 is 45.7. The molecule has 0 bridgehead atoms. The molecule has 2 atom stereocenters. The topological polar surface area (TPSA) is 42.9 Å². The fraction of sp³-hybridized carbons (Fsp3) is 0.435. The Morgan fingerprint density at radius 1 is 1.17 bits per heavy atom. The molecule has 0 amide bonds. The molecule has 2 aromatic rings. The normalized spacial score (nSPS) is 22.1. The van der Waals surface area contributed by atoms with E-state index in [0.29, 0.717) is 24.3 Å². The molecular weight excluding hydrogens is 393 g/mol. The molecule has 0 aromatic heterocycles. The maximum absolute atomic E-state index is 13.2. The van der Waals surface area contributed by atoms with E-state index in [1.165, 1.54) is 13.2 Å². The maximum atomic E-state index is 13.2. The van der Waals surface area contributed by atoms with Crippen LogP contribution >= 0.6 is 0 Å². The summed E-state index contributed by atoms with van der Waals surface area (Å²) in [6, 6.07) is 14.0. The minimum atomic E-state index is -4.38. The molecule has 1 aliphatic rings. The average molecular weight is 420 g/mol. The molecule has 0 saturated carbocycles. The third-order valence-electron chi connectivity index (χ3n) is 5.49. The fourth-order valence-electron chi connectivity index (χ4n) is 3.80. The van der Waals surface area contributed by atoms with Crippen LogP contribution in [-0.2, 0) is 21.3 Å². The van der Waals surface area contributed by atoms with Gasteiger partial charge in [-0.1, -0.05) is 47.1 Å². The number of oxime groups is 1. The Bertz CT molecular complexity index is 872. The van der Waals surface area contributed by atoms with Gasteiger partial charge in [0.2, 0.25) is 0 Å². The van der Waals surface area contributed by atoms with Crippen molar-refractivity contribution in [3.8, 4) is 0 Å². The van der Waals surface area contributed by atoms with Crippen LogP contribution in [0.1, 0.15) is 48.1 Å². The Labute approximate surface area is 175 Å². The third-order valence-corrected chi connectivity index (χ3v) is 5.49. The zero-order valence-electron chi connectivity index (χ0n) is 17.4. The van der Waals surface area contributed by atoms with Crippen molar-refractivity contribution in [2.45, 2.75) is 44.5 Å². The molecule has 0 radical (unpaired) electrons. The predicted molar refractivity (Wildman–Crippen MR) is 110 cm³/mol. The second-order valence-corrected chi connectivity index (χ2v) is 7.73. The van der Waals surface area contributed by atoms with E-state index in [9.17, 15) is 13.2 Å². The van der Waals surface area contributed by atoms with Crippen molar-refractivity contribution in [1.82, 2.24) is 5.32 Å². The summed E-state index contributed by atoms with van der Waals surface area (Å²) in [6.07, 6.45) is -3.38. The number of aryl methyl sites for hydroxylation is 1. The number of hydrogen-bond donors (Lipinski definition) is 1. The molecule has 30 heavy (non-hydrogen) atoms. The first-order valence-corrected chi connectivity index (χ1v) is 9.93. The highest BCUT2D eigenvalue weighted by Crippen LogP contribution is 2.35. The standard InChI is InChI=1S/C23H27F3N2O2/c1-16-11-18(13-20(12-16)23(24,25)26)17(2)30-15-22(19-7-5-4-6-8-19)10-9-21(14-27-22)28-29-3/h4-8,11-13,17,27H,9-10,14-15H2,1-3H3/t17-,22-/m1/s1. The lowest BCUT2D eigenvalue weighted by Gasteiger charge is -2.39. The maximum Gasteiger partial charge on any atom is 0.416 e. The molecule has 2 aromatic carbocycles. The minimum Gasteiger partial charge on any atom is -0.399 e. The summed E-state index contributed by atoms with van der Waals surface area (Å²) in [5.41, 5.74) is 1.98. The number of rotatable bonds is 6. The molecule has 1 N–H and O–H groups in total. The van der Waals surface area contributed by atoms with Gasteiger partial charge in [-0.05, 0) is 49.9 Å². The SMILES string of the molecule is CON=C1CC[C@@](CO[C@H](C)c2cc(C)cc(C(F)(F)F)c2)(c2ccccc2)NC1. The zero-order chi connectivity index (χ0) is 21.8. The van der Waals surface area contributed by atoms with Crippen LogP contribution in [-0.4, -0.2) is 26.0 Å². The molecule has 3 rings (SSSR count). The predicted octanol–water partition coefficient (Wildman–Crippen LogP) is 5.37. The number of halogens is 3. The Morgan fingerprint density at radius 3 is 2.50 bits per heavy atom. The van der Waals surface area contributed by atoms with Crippen LogP contribution in [0, 0.1) is 6.92 Å². The Morgan fingerprint density at radius 2 is 1.90 bits per heavy atom. The van der Waals surface area contributed by atoms with Crippen LogP contribution < -0.4 is 5.32 Å². The van der Waals surface area contributed by atoms with E-state index >= 15 is 0 Å². The molecule has 1 fully saturated rings. The summed E-state index contributed by atoms with van der Waals surface area (Å²) >= 11 is 0. The van der Waals surface area contributed by atoms with E-state index in [4.69, 9.17) is 9.57 Å². The summed E-state index contributed by atoms with van der Waals surface area (Å²) in [5, 5.41) is 7.56. The molecule has 4 nitrogen and oxygen atoms in total. The monoisotopic (exact) mass is 420 g/mol. The summed E-state index contributed by atoms with van der Waals surface area (Å²) in [5.74, 6) is 0. The minimum absolute atomic E-state index is 0.327. The van der Waals surface area contributed by atoms with Crippen molar-refractivity contribution in [3.05, 3.63) is 70.8 Å². The van der Waals surface area contributed by atoms with E-state index in [2.05, 4.69) is 10.5 Å².